The number of esters is 3. The fourth-order valence-corrected chi connectivity index (χ4v) is 3.86. The normalized spacial score (nSPS) is 26.4. The van der Waals surface area contributed by atoms with Gasteiger partial charge in [0.05, 0.1) is 27.4 Å². The Hall–Kier alpha value is -2.45. The maximum absolute atomic E-state index is 13.1. The monoisotopic (exact) mass is 411 g/mol. The molecule has 0 aliphatic carbocycles. The molecule has 0 radical (unpaired) electrons. The minimum absolute atomic E-state index is 0.0302. The number of rotatable bonds is 6. The van der Waals surface area contributed by atoms with Gasteiger partial charge in [0.2, 0.25) is 0 Å². The summed E-state index contributed by atoms with van der Waals surface area (Å²) in [6, 6.07) is 5.25. The summed E-state index contributed by atoms with van der Waals surface area (Å²) < 4.78 is 15.0. The number of hydrogen-bond acceptors (Lipinski definition) is 8. The third-order valence-electron chi connectivity index (χ3n) is 4.82. The second kappa shape index (κ2) is 9.16. The first-order valence-corrected chi connectivity index (χ1v) is 8.99. The van der Waals surface area contributed by atoms with Gasteiger partial charge in [-0.05, 0) is 18.6 Å². The van der Waals surface area contributed by atoms with Crippen LogP contribution in [0.2, 0.25) is 5.02 Å². The molecule has 1 aromatic rings. The second-order valence-electron chi connectivity index (χ2n) is 6.13. The summed E-state index contributed by atoms with van der Waals surface area (Å²) in [7, 11) is 2.29. The van der Waals surface area contributed by atoms with Gasteiger partial charge in [0, 0.05) is 17.2 Å². The summed E-state index contributed by atoms with van der Waals surface area (Å²) in [6.07, 6.45) is 1.27. The Bertz CT molecular complexity index is 781. The lowest BCUT2D eigenvalue weighted by Crippen LogP contribution is -2.60. The summed E-state index contributed by atoms with van der Waals surface area (Å²) >= 11 is 6.36. The van der Waals surface area contributed by atoms with Crippen molar-refractivity contribution in [1.82, 2.24) is 0 Å². The third kappa shape index (κ3) is 3.49. The summed E-state index contributed by atoms with van der Waals surface area (Å²) in [5.74, 6) is -4.95. The standard InChI is InChI=1S/C19H22ClNO7/c1-4-28-18(25)19(17(24)27-3)14(10-22)21-9-12(16(23)26-2)15(19)11-7-5-6-8-13(11)20/h5-9,12,14-15,22H,4,10H2,1-3H3. The maximum Gasteiger partial charge on any atom is 0.326 e. The lowest BCUT2D eigenvalue weighted by Gasteiger charge is -2.44. The molecule has 0 fully saturated rings. The number of methoxy groups -OCH3 is 2. The topological polar surface area (TPSA) is 111 Å². The number of aliphatic hydroxyl groups excluding tert-OH is 1. The van der Waals surface area contributed by atoms with Crippen molar-refractivity contribution in [3.8, 4) is 0 Å². The van der Waals surface area contributed by atoms with Crippen molar-refractivity contribution in [2.75, 3.05) is 27.4 Å². The number of ether oxygens (including phenoxy) is 3. The van der Waals surface area contributed by atoms with E-state index in [2.05, 4.69) is 4.99 Å². The van der Waals surface area contributed by atoms with E-state index in [0.29, 0.717) is 5.56 Å². The molecule has 1 aliphatic heterocycles. The first-order chi connectivity index (χ1) is 13.4. The number of carbonyl (C=O) groups excluding carboxylic acids is 3. The fraction of sp³-hybridized carbons (Fsp3) is 0.474. The van der Waals surface area contributed by atoms with E-state index in [-0.39, 0.29) is 11.6 Å². The number of carbonyl (C=O) groups is 3. The van der Waals surface area contributed by atoms with Crippen molar-refractivity contribution < 1.29 is 33.7 Å². The van der Waals surface area contributed by atoms with E-state index in [1.165, 1.54) is 13.3 Å². The molecular weight excluding hydrogens is 390 g/mol. The van der Waals surface area contributed by atoms with E-state index in [1.807, 2.05) is 0 Å². The third-order valence-corrected chi connectivity index (χ3v) is 5.17. The maximum atomic E-state index is 13.1. The molecule has 0 saturated heterocycles. The van der Waals surface area contributed by atoms with Crippen LogP contribution in [0.25, 0.3) is 0 Å². The lowest BCUT2D eigenvalue weighted by atomic mass is 9.61. The molecule has 1 N–H and O–H groups in total. The molecule has 152 valence electrons. The Morgan fingerprint density at radius 3 is 2.39 bits per heavy atom. The fourth-order valence-electron chi connectivity index (χ4n) is 3.61. The average Bonchev–Trinajstić information content (AvgIpc) is 2.71. The molecule has 4 unspecified atom stereocenters. The molecule has 28 heavy (non-hydrogen) atoms. The van der Waals surface area contributed by atoms with Crippen LogP contribution in [-0.2, 0) is 28.6 Å². The smallest absolute Gasteiger partial charge is 0.326 e. The van der Waals surface area contributed by atoms with Gasteiger partial charge in [-0.3, -0.25) is 19.4 Å². The van der Waals surface area contributed by atoms with E-state index in [4.69, 9.17) is 25.8 Å². The lowest BCUT2D eigenvalue weighted by molar-refractivity contribution is -0.178. The van der Waals surface area contributed by atoms with E-state index >= 15 is 0 Å². The minimum atomic E-state index is -2.13. The predicted octanol–water partition coefficient (Wildman–Crippen LogP) is 1.38. The largest absolute Gasteiger partial charge is 0.469 e. The minimum Gasteiger partial charge on any atom is -0.469 e. The van der Waals surface area contributed by atoms with Crippen LogP contribution in [0.5, 0.6) is 0 Å². The molecule has 2 rings (SSSR count). The molecule has 0 bridgehead atoms. The Balaban J connectivity index is 2.88. The molecule has 0 spiro atoms. The van der Waals surface area contributed by atoms with Gasteiger partial charge in [-0.2, -0.15) is 0 Å². The van der Waals surface area contributed by atoms with E-state index in [0.717, 1.165) is 7.11 Å². The SMILES string of the molecule is CCOC(=O)C1(C(=O)OC)C(CO)N=CC(C(=O)OC)C1c1ccccc1Cl. The van der Waals surface area contributed by atoms with Crippen LogP contribution in [0.1, 0.15) is 18.4 Å². The van der Waals surface area contributed by atoms with Crippen LogP contribution in [0.4, 0.5) is 0 Å². The number of aliphatic imine (C=N–C) groups is 1. The van der Waals surface area contributed by atoms with Crippen molar-refractivity contribution in [2.24, 2.45) is 16.3 Å². The van der Waals surface area contributed by atoms with E-state index in [1.54, 1.807) is 31.2 Å². The number of halogens is 1. The Labute approximate surface area is 167 Å². The highest BCUT2D eigenvalue weighted by molar-refractivity contribution is 6.31. The molecule has 4 atom stereocenters. The molecule has 0 aromatic heterocycles. The van der Waals surface area contributed by atoms with Gasteiger partial charge in [-0.25, -0.2) is 0 Å². The molecule has 8 nitrogen and oxygen atoms in total. The zero-order valence-corrected chi connectivity index (χ0v) is 16.5. The Morgan fingerprint density at radius 1 is 1.18 bits per heavy atom. The van der Waals surface area contributed by atoms with Gasteiger partial charge in [0.1, 0.15) is 12.0 Å². The summed E-state index contributed by atoms with van der Waals surface area (Å²) in [5.41, 5.74) is -1.79. The summed E-state index contributed by atoms with van der Waals surface area (Å²) in [4.78, 5) is 42.8. The highest BCUT2D eigenvalue weighted by Crippen LogP contribution is 2.51. The number of hydrogen-bond donors (Lipinski definition) is 1. The van der Waals surface area contributed by atoms with Crippen molar-refractivity contribution in [3.05, 3.63) is 34.9 Å². The molecule has 1 aliphatic rings. The van der Waals surface area contributed by atoms with Crippen LogP contribution < -0.4 is 0 Å². The van der Waals surface area contributed by atoms with E-state index < -0.39 is 47.8 Å². The van der Waals surface area contributed by atoms with Crippen molar-refractivity contribution >= 4 is 35.7 Å². The number of benzene rings is 1. The van der Waals surface area contributed by atoms with Crippen LogP contribution in [0.15, 0.2) is 29.3 Å². The molecule has 9 heteroatoms. The van der Waals surface area contributed by atoms with Gasteiger partial charge in [0.15, 0.2) is 5.41 Å². The predicted molar refractivity (Wildman–Crippen MR) is 100 cm³/mol. The average molecular weight is 412 g/mol. The molecule has 1 aromatic carbocycles. The Kier molecular flexibility index (Phi) is 7.15. The number of aliphatic hydroxyl groups is 1. The van der Waals surface area contributed by atoms with Crippen molar-refractivity contribution in [2.45, 2.75) is 18.9 Å². The molecule has 1 heterocycles. The first-order valence-electron chi connectivity index (χ1n) is 8.62. The molecule has 0 amide bonds. The second-order valence-corrected chi connectivity index (χ2v) is 6.53. The molecule has 0 saturated carbocycles. The highest BCUT2D eigenvalue weighted by Gasteiger charge is 2.65. The quantitative estimate of drug-likeness (QED) is 0.427. The Morgan fingerprint density at radius 2 is 1.86 bits per heavy atom. The van der Waals surface area contributed by atoms with Gasteiger partial charge in [-0.1, -0.05) is 29.8 Å². The van der Waals surface area contributed by atoms with Crippen molar-refractivity contribution in [1.29, 1.82) is 0 Å². The van der Waals surface area contributed by atoms with Crippen LogP contribution in [0.3, 0.4) is 0 Å². The highest BCUT2D eigenvalue weighted by atomic mass is 35.5. The van der Waals surface area contributed by atoms with Crippen LogP contribution in [0, 0.1) is 11.3 Å². The zero-order chi connectivity index (χ0) is 20.9. The first kappa shape index (κ1) is 21.8. The van der Waals surface area contributed by atoms with Gasteiger partial charge in [-0.15, -0.1) is 0 Å². The number of nitrogens with zero attached hydrogens (tertiary/aromatic N) is 1. The van der Waals surface area contributed by atoms with Crippen LogP contribution in [-0.4, -0.2) is 62.7 Å². The van der Waals surface area contributed by atoms with Gasteiger partial charge in [0.25, 0.3) is 0 Å². The van der Waals surface area contributed by atoms with Crippen molar-refractivity contribution in [3.63, 3.8) is 0 Å². The van der Waals surface area contributed by atoms with Crippen LogP contribution >= 0.6 is 11.6 Å². The van der Waals surface area contributed by atoms with Gasteiger partial charge < -0.3 is 19.3 Å². The molecular formula is C19H22ClNO7. The summed E-state index contributed by atoms with van der Waals surface area (Å²) in [6.45, 7) is 0.891. The summed E-state index contributed by atoms with van der Waals surface area (Å²) in [5, 5.41) is 10.2. The zero-order valence-electron chi connectivity index (χ0n) is 15.8. The van der Waals surface area contributed by atoms with Gasteiger partial charge >= 0.3 is 17.9 Å². The van der Waals surface area contributed by atoms with E-state index in [9.17, 15) is 19.5 Å².